The van der Waals surface area contributed by atoms with Crippen molar-refractivity contribution in [2.45, 2.75) is 124 Å². The Hall–Kier alpha value is -1.78. The molecule has 0 bridgehead atoms. The number of nitrogens with one attached hydrogen (secondary N) is 1. The fourth-order valence-electron chi connectivity index (χ4n) is 9.96. The number of ether oxygens (including phenoxy) is 2. The second-order valence-electron chi connectivity index (χ2n) is 14.3. The van der Waals surface area contributed by atoms with Gasteiger partial charge in [0.25, 0.3) is 0 Å². The van der Waals surface area contributed by atoms with Crippen LogP contribution in [0.15, 0.2) is 23.0 Å². The highest BCUT2D eigenvalue weighted by Gasteiger charge is 2.67. The third kappa shape index (κ3) is 4.54. The topological polar surface area (TPSA) is 64.6 Å². The predicted molar refractivity (Wildman–Crippen MR) is 150 cm³/mol. The highest BCUT2D eigenvalue weighted by atomic mass is 16.5. The number of amides is 1. The lowest BCUT2D eigenvalue weighted by Gasteiger charge is -2.58. The SMILES string of the molecule is CCC(=O)O[C@@H]1CC[C@@]2(C)C(=CC[C@H]3[C@@H]4C[C@@]5(C)OC(CC[C@H](C)CNC(C)=O)=C(C)[C@@H]5[C@@]4(C)CC[C@@H]32)C1. The molecule has 0 aromatic rings. The fourth-order valence-corrected chi connectivity index (χ4v) is 9.96. The first-order chi connectivity index (χ1) is 17.9. The number of hydrogen-bond acceptors (Lipinski definition) is 4. The van der Waals surface area contributed by atoms with E-state index in [2.05, 4.69) is 46.0 Å². The summed E-state index contributed by atoms with van der Waals surface area (Å²) in [5, 5.41) is 2.96. The van der Waals surface area contributed by atoms with Crippen molar-refractivity contribution in [3.8, 4) is 0 Å². The largest absolute Gasteiger partial charge is 0.491 e. The smallest absolute Gasteiger partial charge is 0.305 e. The first kappa shape index (κ1) is 27.8. The monoisotopic (exact) mass is 525 g/mol. The zero-order valence-corrected chi connectivity index (χ0v) is 25.0. The molecule has 0 spiro atoms. The molecule has 1 amide bonds. The van der Waals surface area contributed by atoms with Gasteiger partial charge >= 0.3 is 5.97 Å². The van der Waals surface area contributed by atoms with E-state index in [1.165, 1.54) is 30.6 Å². The summed E-state index contributed by atoms with van der Waals surface area (Å²) in [6.45, 7) is 16.3. The van der Waals surface area contributed by atoms with Gasteiger partial charge in [-0.15, -0.1) is 0 Å². The van der Waals surface area contributed by atoms with Crippen molar-refractivity contribution in [3.05, 3.63) is 23.0 Å². The van der Waals surface area contributed by atoms with E-state index in [9.17, 15) is 9.59 Å². The Bertz CT molecular complexity index is 1030. The standard InChI is InChI=1S/C33H51NO4/c1-8-29(36)37-24-13-15-31(5)23(17-24)10-11-25-26(31)14-16-32(6)27(25)18-33(7)30(32)21(3)28(38-33)12-9-20(2)19-34-22(4)35/h10,20,24-27,30H,8-9,11-19H2,1-7H3,(H,34,35)/t20-,24+,25+,26-,27-,30+,31-,32-,33+/m0/s1. The van der Waals surface area contributed by atoms with Gasteiger partial charge in [-0.3, -0.25) is 9.59 Å². The molecule has 38 heavy (non-hydrogen) atoms. The average Bonchev–Trinajstić information content (AvgIpc) is 3.27. The van der Waals surface area contributed by atoms with Gasteiger partial charge in [0.05, 0.1) is 5.76 Å². The summed E-state index contributed by atoms with van der Waals surface area (Å²) < 4.78 is 12.7. The first-order valence-corrected chi connectivity index (χ1v) is 15.4. The van der Waals surface area contributed by atoms with Gasteiger partial charge in [0.1, 0.15) is 11.7 Å². The maximum atomic E-state index is 11.9. The van der Waals surface area contributed by atoms with Crippen LogP contribution in [0.4, 0.5) is 0 Å². The molecule has 0 unspecified atom stereocenters. The normalized spacial score (nSPS) is 42.2. The first-order valence-electron chi connectivity index (χ1n) is 15.4. The van der Waals surface area contributed by atoms with Crippen LogP contribution in [-0.2, 0) is 19.1 Å². The third-order valence-electron chi connectivity index (χ3n) is 11.8. The molecule has 0 radical (unpaired) electrons. The van der Waals surface area contributed by atoms with Gasteiger partial charge < -0.3 is 14.8 Å². The van der Waals surface area contributed by atoms with E-state index < -0.39 is 0 Å². The molecule has 1 heterocycles. The Morgan fingerprint density at radius 3 is 2.66 bits per heavy atom. The van der Waals surface area contributed by atoms with Crippen molar-refractivity contribution in [1.29, 1.82) is 0 Å². The zero-order chi connectivity index (χ0) is 27.5. The molecule has 0 aromatic carbocycles. The molecule has 1 aliphatic heterocycles. The van der Waals surface area contributed by atoms with Crippen molar-refractivity contribution < 1.29 is 19.1 Å². The lowest BCUT2D eigenvalue weighted by atomic mass is 9.47. The molecule has 0 aromatic heterocycles. The second-order valence-corrected chi connectivity index (χ2v) is 14.3. The summed E-state index contributed by atoms with van der Waals surface area (Å²) in [4.78, 5) is 23.2. The molecule has 4 aliphatic carbocycles. The second kappa shape index (κ2) is 10.0. The molecule has 3 fully saturated rings. The lowest BCUT2D eigenvalue weighted by molar-refractivity contribution is -0.151. The Morgan fingerprint density at radius 2 is 1.95 bits per heavy atom. The number of fused-ring (bicyclic) bond motifs is 7. The summed E-state index contributed by atoms with van der Waals surface area (Å²) in [5.41, 5.74) is 3.51. The molecular formula is C33H51NO4. The number of rotatable bonds is 7. The maximum Gasteiger partial charge on any atom is 0.305 e. The molecule has 212 valence electrons. The molecule has 5 rings (SSSR count). The van der Waals surface area contributed by atoms with Crippen LogP contribution in [0.5, 0.6) is 0 Å². The highest BCUT2D eigenvalue weighted by Crippen LogP contribution is 2.71. The van der Waals surface area contributed by atoms with Gasteiger partial charge in [0.2, 0.25) is 5.91 Å². The van der Waals surface area contributed by atoms with Crippen molar-refractivity contribution >= 4 is 11.9 Å². The van der Waals surface area contributed by atoms with Gasteiger partial charge in [-0.1, -0.05) is 39.3 Å². The van der Waals surface area contributed by atoms with Crippen LogP contribution in [0, 0.1) is 40.4 Å². The summed E-state index contributed by atoms with van der Waals surface area (Å²) in [6, 6.07) is 0. The Kier molecular flexibility index (Phi) is 7.31. The van der Waals surface area contributed by atoms with Crippen molar-refractivity contribution in [2.75, 3.05) is 6.54 Å². The van der Waals surface area contributed by atoms with Gasteiger partial charge in [-0.05, 0) is 98.9 Å². The average molecular weight is 526 g/mol. The van der Waals surface area contributed by atoms with E-state index in [0.29, 0.717) is 29.6 Å². The Morgan fingerprint density at radius 1 is 1.18 bits per heavy atom. The van der Waals surface area contributed by atoms with Crippen LogP contribution < -0.4 is 5.32 Å². The van der Waals surface area contributed by atoms with E-state index in [-0.39, 0.29) is 29.0 Å². The van der Waals surface area contributed by atoms with Gasteiger partial charge in [-0.25, -0.2) is 0 Å². The molecule has 5 aliphatic rings. The van der Waals surface area contributed by atoms with Crippen molar-refractivity contribution in [1.82, 2.24) is 5.32 Å². The third-order valence-corrected chi connectivity index (χ3v) is 11.8. The molecule has 1 N–H and O–H groups in total. The minimum atomic E-state index is -0.0918. The molecule has 9 atom stereocenters. The van der Waals surface area contributed by atoms with Crippen LogP contribution in [-0.4, -0.2) is 30.1 Å². The minimum Gasteiger partial charge on any atom is -0.491 e. The number of hydrogen-bond donors (Lipinski definition) is 1. The van der Waals surface area contributed by atoms with E-state index >= 15 is 0 Å². The minimum absolute atomic E-state index is 0.0486. The molecule has 5 heteroatoms. The van der Waals surface area contributed by atoms with Crippen molar-refractivity contribution in [3.63, 3.8) is 0 Å². The Labute approximate surface area is 230 Å². The van der Waals surface area contributed by atoms with E-state index in [0.717, 1.165) is 56.9 Å². The quantitative estimate of drug-likeness (QED) is 0.284. The zero-order valence-electron chi connectivity index (χ0n) is 25.0. The molecule has 3 saturated carbocycles. The van der Waals surface area contributed by atoms with E-state index in [1.54, 1.807) is 12.5 Å². The van der Waals surface area contributed by atoms with E-state index in [4.69, 9.17) is 9.47 Å². The van der Waals surface area contributed by atoms with Crippen LogP contribution in [0.1, 0.15) is 113 Å². The van der Waals surface area contributed by atoms with Crippen molar-refractivity contribution in [2.24, 2.45) is 40.4 Å². The number of carbonyl (C=O) groups is 2. The highest BCUT2D eigenvalue weighted by molar-refractivity contribution is 5.72. The number of carbonyl (C=O) groups excluding carboxylic acids is 2. The maximum absolute atomic E-state index is 11.9. The summed E-state index contributed by atoms with van der Waals surface area (Å²) in [5.74, 6) is 4.30. The Balaban J connectivity index is 1.31. The summed E-state index contributed by atoms with van der Waals surface area (Å²) >= 11 is 0. The van der Waals surface area contributed by atoms with Crippen LogP contribution in [0.25, 0.3) is 0 Å². The number of esters is 1. The summed E-state index contributed by atoms with van der Waals surface area (Å²) in [7, 11) is 0. The van der Waals surface area contributed by atoms with Gasteiger partial charge in [0, 0.05) is 38.6 Å². The fraction of sp³-hybridized carbons (Fsp3) is 0.818. The van der Waals surface area contributed by atoms with Gasteiger partial charge in [0.15, 0.2) is 0 Å². The van der Waals surface area contributed by atoms with Crippen LogP contribution in [0.3, 0.4) is 0 Å². The van der Waals surface area contributed by atoms with Crippen LogP contribution >= 0.6 is 0 Å². The predicted octanol–water partition coefficient (Wildman–Crippen LogP) is 7.11. The summed E-state index contributed by atoms with van der Waals surface area (Å²) in [6.07, 6.45) is 13.1. The number of allylic oxidation sites excluding steroid dienone is 2. The molecule has 0 saturated heterocycles. The lowest BCUT2D eigenvalue weighted by Crippen LogP contribution is -2.50. The molecule has 5 nitrogen and oxygen atoms in total. The molecular weight excluding hydrogens is 474 g/mol. The van der Waals surface area contributed by atoms with Crippen LogP contribution in [0.2, 0.25) is 0 Å². The van der Waals surface area contributed by atoms with Gasteiger partial charge in [-0.2, -0.15) is 0 Å². The van der Waals surface area contributed by atoms with E-state index in [1.807, 2.05) is 6.92 Å².